The first kappa shape index (κ1) is 34.0. The van der Waals surface area contributed by atoms with Crippen molar-refractivity contribution in [3.8, 4) is 22.3 Å². The lowest BCUT2D eigenvalue weighted by Gasteiger charge is -2.19. The number of benzene rings is 3. The Morgan fingerprint density at radius 1 is 0.857 bits per heavy atom. The van der Waals surface area contributed by atoms with Crippen LogP contribution >= 0.6 is 23.4 Å². The molecule has 0 aliphatic heterocycles. The summed E-state index contributed by atoms with van der Waals surface area (Å²) in [5.74, 6) is 0.235. The number of pyridine rings is 2. The molecule has 9 nitrogen and oxygen atoms in total. The third-order valence-electron chi connectivity index (χ3n) is 7.83. The number of anilines is 1. The lowest BCUT2D eigenvalue weighted by molar-refractivity contribution is 0.0635. The van der Waals surface area contributed by atoms with Crippen LogP contribution in [0.3, 0.4) is 0 Å². The van der Waals surface area contributed by atoms with Gasteiger partial charge in [0.15, 0.2) is 0 Å². The molecule has 0 radical (unpaired) electrons. The highest BCUT2D eigenvalue weighted by atomic mass is 35.5. The van der Waals surface area contributed by atoms with E-state index >= 15 is 0 Å². The Bertz CT molecular complexity index is 1970. The number of fused-ring (bicyclic) bond motifs is 3. The van der Waals surface area contributed by atoms with E-state index in [1.165, 1.54) is 11.8 Å². The second kappa shape index (κ2) is 14.7. The van der Waals surface area contributed by atoms with E-state index < -0.39 is 17.8 Å². The summed E-state index contributed by atoms with van der Waals surface area (Å²) in [6.07, 6.45) is 2.04. The van der Waals surface area contributed by atoms with Crippen molar-refractivity contribution >= 4 is 41.4 Å². The lowest BCUT2D eigenvalue weighted by atomic mass is 9.98. The number of aliphatic hydroxyl groups is 1. The molecule has 0 saturated heterocycles. The maximum Gasteiger partial charge on any atom is 0.413 e. The molecular formula is C38H35ClN4O5S. The second-order valence-corrected chi connectivity index (χ2v) is 13.8. The van der Waals surface area contributed by atoms with E-state index in [9.17, 15) is 14.7 Å². The Morgan fingerprint density at radius 2 is 1.57 bits per heavy atom. The van der Waals surface area contributed by atoms with E-state index in [-0.39, 0.29) is 25.7 Å². The summed E-state index contributed by atoms with van der Waals surface area (Å²) < 4.78 is 11.2. The van der Waals surface area contributed by atoms with Crippen molar-refractivity contribution < 1.29 is 24.2 Å². The van der Waals surface area contributed by atoms with Crippen LogP contribution in [0.25, 0.3) is 22.3 Å². The van der Waals surface area contributed by atoms with Crippen LogP contribution in [0.15, 0.2) is 107 Å². The molecule has 6 rings (SSSR count). The molecule has 0 spiro atoms. The van der Waals surface area contributed by atoms with Gasteiger partial charge in [0.2, 0.25) is 0 Å². The van der Waals surface area contributed by atoms with Crippen molar-refractivity contribution in [3.05, 3.63) is 125 Å². The van der Waals surface area contributed by atoms with Gasteiger partial charge in [0, 0.05) is 35.3 Å². The molecule has 5 aromatic rings. The molecule has 3 aromatic carbocycles. The fourth-order valence-electron chi connectivity index (χ4n) is 5.70. The molecule has 1 aliphatic rings. The van der Waals surface area contributed by atoms with E-state index in [1.54, 1.807) is 63.5 Å². The maximum atomic E-state index is 13.2. The molecule has 2 heterocycles. The van der Waals surface area contributed by atoms with Crippen molar-refractivity contribution in [2.24, 2.45) is 0 Å². The Balaban J connectivity index is 1.24. The predicted molar refractivity (Wildman–Crippen MR) is 191 cm³/mol. The summed E-state index contributed by atoms with van der Waals surface area (Å²) in [5, 5.41) is 16.5. The molecule has 2 aromatic heterocycles. The normalized spacial score (nSPS) is 12.2. The number of rotatable bonds is 9. The number of ether oxygens (including phenoxy) is 2. The standard InChI is InChI=1S/C38H35ClN4O5S/c1-38(2,3)48-37(46)43-33-19-23(14-16-40-33)25-17-26(34(32(39)18-25)49-35-24(21-44)9-8-15-41-35)20-42-36(45)47-22-31-29-12-6-4-10-27(29)28-11-5-7-13-30(28)31/h4-19,31,44H,20-22H2,1-3H3,(H,42,45)(H,40,43,46). The van der Waals surface area contributed by atoms with Crippen LogP contribution in [-0.2, 0) is 22.6 Å². The summed E-state index contributed by atoms with van der Waals surface area (Å²) >= 11 is 8.23. The zero-order valence-corrected chi connectivity index (χ0v) is 28.8. The van der Waals surface area contributed by atoms with Crippen LogP contribution in [0.5, 0.6) is 0 Å². The van der Waals surface area contributed by atoms with E-state index in [2.05, 4.69) is 44.9 Å². The number of alkyl carbamates (subject to hydrolysis) is 1. The number of nitrogens with one attached hydrogen (secondary N) is 2. The van der Waals surface area contributed by atoms with Crippen LogP contribution in [-0.4, -0.2) is 39.5 Å². The Labute approximate surface area is 294 Å². The average Bonchev–Trinajstić information content (AvgIpc) is 3.40. The number of aliphatic hydroxyl groups excluding tert-OH is 1. The van der Waals surface area contributed by atoms with Gasteiger partial charge < -0.3 is 19.9 Å². The van der Waals surface area contributed by atoms with Gasteiger partial charge in [-0.3, -0.25) is 5.32 Å². The number of nitrogens with zero attached hydrogens (tertiary/aromatic N) is 2. The van der Waals surface area contributed by atoms with Gasteiger partial charge in [0.25, 0.3) is 0 Å². The number of aromatic nitrogens is 2. The number of carbonyl (C=O) groups excluding carboxylic acids is 2. The first-order valence-electron chi connectivity index (χ1n) is 15.7. The van der Waals surface area contributed by atoms with Gasteiger partial charge in [-0.25, -0.2) is 19.6 Å². The fraction of sp³-hybridized carbons (Fsp3) is 0.211. The summed E-state index contributed by atoms with van der Waals surface area (Å²) in [5.41, 5.74) is 6.71. The van der Waals surface area contributed by atoms with Gasteiger partial charge in [-0.1, -0.05) is 78.0 Å². The zero-order chi connectivity index (χ0) is 34.5. The molecule has 0 saturated carbocycles. The highest BCUT2D eigenvalue weighted by molar-refractivity contribution is 7.99. The number of carbonyl (C=O) groups is 2. The second-order valence-electron chi connectivity index (χ2n) is 12.4. The zero-order valence-electron chi connectivity index (χ0n) is 27.2. The first-order valence-corrected chi connectivity index (χ1v) is 16.9. The third-order valence-corrected chi connectivity index (χ3v) is 9.49. The molecule has 0 atom stereocenters. The van der Waals surface area contributed by atoms with Gasteiger partial charge in [-0.2, -0.15) is 0 Å². The van der Waals surface area contributed by atoms with Crippen molar-refractivity contribution in [3.63, 3.8) is 0 Å². The Hall–Kier alpha value is -4.90. The summed E-state index contributed by atoms with van der Waals surface area (Å²) in [6, 6.07) is 27.1. The van der Waals surface area contributed by atoms with Gasteiger partial charge in [0.05, 0.1) is 11.6 Å². The van der Waals surface area contributed by atoms with Crippen molar-refractivity contribution in [1.82, 2.24) is 15.3 Å². The summed E-state index contributed by atoms with van der Waals surface area (Å²) in [7, 11) is 0. The topological polar surface area (TPSA) is 123 Å². The van der Waals surface area contributed by atoms with E-state index in [0.717, 1.165) is 33.4 Å². The highest BCUT2D eigenvalue weighted by Crippen LogP contribution is 2.44. The molecule has 2 amide bonds. The van der Waals surface area contributed by atoms with Crippen LogP contribution < -0.4 is 10.6 Å². The van der Waals surface area contributed by atoms with Gasteiger partial charge >= 0.3 is 12.2 Å². The van der Waals surface area contributed by atoms with Crippen molar-refractivity contribution in [1.29, 1.82) is 0 Å². The van der Waals surface area contributed by atoms with Crippen LogP contribution in [0.4, 0.5) is 15.4 Å². The summed E-state index contributed by atoms with van der Waals surface area (Å²) in [4.78, 5) is 34.9. The molecule has 11 heteroatoms. The van der Waals surface area contributed by atoms with E-state index in [0.29, 0.717) is 31.9 Å². The van der Waals surface area contributed by atoms with Crippen molar-refractivity contribution in [2.45, 2.75) is 55.4 Å². The molecular weight excluding hydrogens is 660 g/mol. The smallest absolute Gasteiger partial charge is 0.413 e. The minimum absolute atomic E-state index is 0.0710. The monoisotopic (exact) mass is 694 g/mol. The average molecular weight is 695 g/mol. The quantitative estimate of drug-likeness (QED) is 0.140. The SMILES string of the molecule is CC(C)(C)OC(=O)Nc1cc(-c2cc(Cl)c(Sc3ncccc3CO)c(CNC(=O)OCC3c4ccccc4-c4ccccc43)c2)ccn1. The summed E-state index contributed by atoms with van der Waals surface area (Å²) in [6.45, 7) is 5.44. The molecule has 3 N–H and O–H groups in total. The molecule has 49 heavy (non-hydrogen) atoms. The third kappa shape index (κ3) is 8.05. The molecule has 0 bridgehead atoms. The van der Waals surface area contributed by atoms with Gasteiger partial charge in [0.1, 0.15) is 23.1 Å². The van der Waals surface area contributed by atoms with Crippen molar-refractivity contribution in [2.75, 3.05) is 11.9 Å². The van der Waals surface area contributed by atoms with Gasteiger partial charge in [-0.05, 0) is 90.0 Å². The Kier molecular flexibility index (Phi) is 10.2. The number of hydrogen-bond donors (Lipinski definition) is 3. The largest absolute Gasteiger partial charge is 0.449 e. The van der Waals surface area contributed by atoms with Gasteiger partial charge in [-0.15, -0.1) is 0 Å². The number of halogens is 1. The number of amides is 2. The fourth-order valence-corrected chi connectivity index (χ4v) is 7.04. The minimum atomic E-state index is -0.665. The highest BCUT2D eigenvalue weighted by Gasteiger charge is 2.29. The molecule has 0 unspecified atom stereocenters. The molecule has 250 valence electrons. The predicted octanol–water partition coefficient (Wildman–Crippen LogP) is 8.83. The lowest BCUT2D eigenvalue weighted by Crippen LogP contribution is -2.27. The minimum Gasteiger partial charge on any atom is -0.449 e. The van der Waals surface area contributed by atoms with E-state index in [1.807, 2.05) is 30.3 Å². The maximum absolute atomic E-state index is 13.2. The first-order chi connectivity index (χ1) is 23.6. The molecule has 0 fully saturated rings. The Morgan fingerprint density at radius 3 is 2.27 bits per heavy atom. The van der Waals surface area contributed by atoms with E-state index in [4.69, 9.17) is 21.1 Å². The molecule has 1 aliphatic carbocycles. The van der Waals surface area contributed by atoms with Crippen LogP contribution in [0, 0.1) is 0 Å². The number of hydrogen-bond acceptors (Lipinski definition) is 8. The van der Waals surface area contributed by atoms with Crippen LogP contribution in [0.2, 0.25) is 5.02 Å². The van der Waals surface area contributed by atoms with Crippen LogP contribution in [0.1, 0.15) is 48.9 Å².